The standard InChI is InChI=1S/C25H26N6O3S.C23H20N6O3S.C22H23N7O3S/c1-27-14-16-6-8-18(9-7-16)24-30-31-25(34-24)22-23(26)28-15-21(29-22)17-10-12-20(13-11-17)35(32,33)19-4-2-3-5-19;1-13(2)33(30,31)19-9-8-16(10-17(19)11-24)18-12-26-21(25)20(27-18)23-29-28-22(32-23)15-6-4-14(3)5-7-15;1-24-12-14-4-6-16(7-5-14)21-27-28-22(32-21)19-20(23)25-13-18(26-19)15-8-10-17(11-9-15)33(30,31)29(2)3/h6-13,15,19,27H,2-5,14H2,1H3,(H2,26,28);4-10,12-13H,1-3H3,(H2,25,26);4-11,13,24H,12H2,1-3H3,(H2,23,25). The molecule has 1 saturated carbocycles. The number of nitriles is 1. The van der Waals surface area contributed by atoms with Gasteiger partial charge in [0.25, 0.3) is 17.7 Å². The van der Waals surface area contributed by atoms with Gasteiger partial charge in [0.2, 0.25) is 27.7 Å². The number of nitrogens with one attached hydrogen (secondary N) is 2. The van der Waals surface area contributed by atoms with Crippen LogP contribution in [0.4, 0.5) is 17.5 Å². The highest BCUT2D eigenvalue weighted by molar-refractivity contribution is 7.92. The van der Waals surface area contributed by atoms with Crippen LogP contribution < -0.4 is 27.8 Å². The molecule has 13 rings (SSSR count). The summed E-state index contributed by atoms with van der Waals surface area (Å²) in [6.45, 7) is 6.64. The number of nitrogens with two attached hydrogens (primary N) is 3. The predicted molar refractivity (Wildman–Crippen MR) is 379 cm³/mol. The van der Waals surface area contributed by atoms with Gasteiger partial charge in [0.1, 0.15) is 6.07 Å². The number of nitrogen functional groups attached to an aromatic ring is 3. The molecule has 0 saturated heterocycles. The van der Waals surface area contributed by atoms with Gasteiger partial charge in [-0.2, -0.15) is 5.26 Å². The van der Waals surface area contributed by atoms with Crippen LogP contribution >= 0.6 is 0 Å². The van der Waals surface area contributed by atoms with Crippen molar-refractivity contribution in [2.75, 3.05) is 45.4 Å². The molecule has 1 aliphatic rings. The number of nitrogens with zero attached hydrogens (tertiary/aromatic N) is 14. The molecule has 6 aromatic carbocycles. The molecular weight excluding hydrogens is 1350 g/mol. The first-order chi connectivity index (χ1) is 48.4. The zero-order chi connectivity index (χ0) is 71.8. The first kappa shape index (κ1) is 70.9. The van der Waals surface area contributed by atoms with E-state index in [2.05, 4.69) is 71.1 Å². The lowest BCUT2D eigenvalue weighted by atomic mass is 10.1. The van der Waals surface area contributed by atoms with E-state index >= 15 is 0 Å². The van der Waals surface area contributed by atoms with Crippen molar-refractivity contribution < 1.29 is 38.5 Å². The third-order valence-corrected chi connectivity index (χ3v) is 22.5. The van der Waals surface area contributed by atoms with Gasteiger partial charge in [0.05, 0.1) is 66.4 Å². The molecular formula is C70H69N19O9S3. The molecule has 1 fully saturated rings. The van der Waals surface area contributed by atoms with Crippen LogP contribution in [-0.4, -0.2) is 129 Å². The molecule has 1 aliphatic carbocycles. The van der Waals surface area contributed by atoms with Crippen molar-refractivity contribution in [3.05, 3.63) is 180 Å². The summed E-state index contributed by atoms with van der Waals surface area (Å²) in [5.74, 6) is 1.80. The molecule has 0 atom stereocenters. The Balaban J connectivity index is 0.000000153. The first-order valence-corrected chi connectivity index (χ1v) is 36.1. The third-order valence-electron chi connectivity index (χ3n) is 16.2. The molecule has 31 heteroatoms. The van der Waals surface area contributed by atoms with E-state index in [1.807, 2.05) is 99.9 Å². The number of hydrogen-bond acceptors (Lipinski definition) is 27. The molecule has 0 amide bonds. The van der Waals surface area contributed by atoms with Gasteiger partial charge < -0.3 is 41.1 Å². The van der Waals surface area contributed by atoms with E-state index in [0.29, 0.717) is 56.3 Å². The van der Waals surface area contributed by atoms with E-state index in [-0.39, 0.29) is 72.8 Å². The van der Waals surface area contributed by atoms with Crippen LogP contribution in [0.25, 0.3) is 103 Å². The second-order valence-corrected chi connectivity index (χ2v) is 30.6. The van der Waals surface area contributed by atoms with Gasteiger partial charge in [0.15, 0.2) is 54.2 Å². The summed E-state index contributed by atoms with van der Waals surface area (Å²) in [7, 11) is -3.71. The van der Waals surface area contributed by atoms with Gasteiger partial charge in [-0.15, -0.1) is 30.6 Å². The Labute approximate surface area is 582 Å². The van der Waals surface area contributed by atoms with Crippen molar-refractivity contribution in [1.82, 2.24) is 75.4 Å². The van der Waals surface area contributed by atoms with Crippen molar-refractivity contribution in [3.8, 4) is 109 Å². The summed E-state index contributed by atoms with van der Waals surface area (Å²) in [5.41, 5.74) is 27.8. The van der Waals surface area contributed by atoms with E-state index in [1.54, 1.807) is 56.3 Å². The lowest BCUT2D eigenvalue weighted by molar-refractivity contribution is 0.520. The van der Waals surface area contributed by atoms with Crippen molar-refractivity contribution in [2.24, 2.45) is 0 Å². The lowest BCUT2D eigenvalue weighted by Gasteiger charge is -2.11. The summed E-state index contributed by atoms with van der Waals surface area (Å²) in [6.07, 6.45) is 7.86. The number of sulfonamides is 1. The fourth-order valence-corrected chi connectivity index (χ4v) is 14.5. The van der Waals surface area contributed by atoms with Gasteiger partial charge in [-0.05, 0) is 132 Å². The summed E-state index contributed by atoms with van der Waals surface area (Å²) in [4.78, 5) is 26.7. The lowest BCUT2D eigenvalue weighted by Crippen LogP contribution is -2.22. The van der Waals surface area contributed by atoms with Crippen LogP contribution in [0.3, 0.4) is 0 Å². The maximum Gasteiger partial charge on any atom is 0.270 e. The van der Waals surface area contributed by atoms with E-state index < -0.39 is 34.9 Å². The number of anilines is 3. The van der Waals surface area contributed by atoms with Gasteiger partial charge in [-0.25, -0.2) is 59.5 Å². The molecule has 0 bridgehead atoms. The highest BCUT2D eigenvalue weighted by atomic mass is 32.2. The SMILES string of the molecule is CNCc1ccc(-c2nnc(-c3nc(-c4ccc(S(=O)(=O)C5CCCC5)cc4)cnc3N)o2)cc1.CNCc1ccc(-c2nnc(-c3nc(-c4ccc(S(=O)(=O)N(C)C)cc4)cnc3N)o2)cc1.Cc1ccc(-c2nnc(-c3nc(-c4ccc(S(=O)(=O)C(C)C)c(C#N)c4)cnc3N)o2)cc1. The zero-order valence-corrected chi connectivity index (χ0v) is 58.2. The average Bonchev–Trinajstić information content (AvgIpc) is 1.78. The van der Waals surface area contributed by atoms with Gasteiger partial charge in [-0.1, -0.05) is 85.1 Å². The smallest absolute Gasteiger partial charge is 0.270 e. The molecule has 516 valence electrons. The van der Waals surface area contributed by atoms with Crippen LogP contribution in [0.1, 0.15) is 61.8 Å². The Hall–Kier alpha value is -11.4. The number of benzene rings is 6. The van der Waals surface area contributed by atoms with Gasteiger partial charge in [0, 0.05) is 60.6 Å². The van der Waals surface area contributed by atoms with Crippen molar-refractivity contribution in [2.45, 2.75) is 84.7 Å². The Kier molecular flexibility index (Phi) is 21.3. The van der Waals surface area contributed by atoms with Crippen molar-refractivity contribution in [1.29, 1.82) is 5.26 Å². The minimum atomic E-state index is -3.61. The monoisotopic (exact) mass is 1420 g/mol. The van der Waals surface area contributed by atoms with Crippen LogP contribution in [-0.2, 0) is 42.8 Å². The van der Waals surface area contributed by atoms with Crippen molar-refractivity contribution >= 4 is 47.2 Å². The Bertz CT molecular complexity index is 5330. The molecule has 0 spiro atoms. The molecule has 101 heavy (non-hydrogen) atoms. The molecule has 12 aromatic rings. The number of hydrogen-bond donors (Lipinski definition) is 5. The highest BCUT2D eigenvalue weighted by Crippen LogP contribution is 2.35. The molecule has 8 N–H and O–H groups in total. The second-order valence-electron chi connectivity index (χ2n) is 23.7. The molecule has 6 heterocycles. The highest BCUT2D eigenvalue weighted by Gasteiger charge is 2.31. The number of rotatable bonds is 19. The maximum absolute atomic E-state index is 12.9. The topological polar surface area (TPSA) is 426 Å². The number of sulfone groups is 2. The average molecular weight is 1420 g/mol. The zero-order valence-electron chi connectivity index (χ0n) is 55.8. The minimum Gasteiger partial charge on any atom is -0.414 e. The summed E-state index contributed by atoms with van der Waals surface area (Å²) in [5, 5.41) is 39.4. The largest absolute Gasteiger partial charge is 0.414 e. The van der Waals surface area contributed by atoms with Gasteiger partial charge >= 0.3 is 0 Å². The first-order valence-electron chi connectivity index (χ1n) is 31.6. The Morgan fingerprint density at radius 3 is 1.24 bits per heavy atom. The predicted octanol–water partition coefficient (Wildman–Crippen LogP) is 10.1. The van der Waals surface area contributed by atoms with Gasteiger partial charge in [-0.3, -0.25) is 0 Å². The third kappa shape index (κ3) is 15.9. The van der Waals surface area contributed by atoms with Crippen LogP contribution in [0, 0.1) is 18.3 Å². The normalized spacial score (nSPS) is 12.6. The summed E-state index contributed by atoms with van der Waals surface area (Å²) >= 11 is 0. The van der Waals surface area contributed by atoms with E-state index in [1.165, 1.54) is 57.0 Å². The number of aryl methyl sites for hydroxylation is 1. The van der Waals surface area contributed by atoms with E-state index in [4.69, 9.17) is 30.5 Å². The molecule has 6 aromatic heterocycles. The Morgan fingerprint density at radius 1 is 0.505 bits per heavy atom. The quantitative estimate of drug-likeness (QED) is 0.0502. The molecule has 0 radical (unpaired) electrons. The van der Waals surface area contributed by atoms with Crippen molar-refractivity contribution in [3.63, 3.8) is 0 Å². The fourth-order valence-electron chi connectivity index (χ4n) is 10.5. The van der Waals surface area contributed by atoms with E-state index in [0.717, 1.165) is 76.5 Å². The fraction of sp³-hybridized carbons (Fsp3) is 0.214. The Morgan fingerprint density at radius 2 is 0.861 bits per heavy atom. The minimum absolute atomic E-state index is 0.0213. The maximum atomic E-state index is 12.9. The van der Waals surface area contributed by atoms with Crippen LogP contribution in [0.15, 0.2) is 186 Å². The summed E-state index contributed by atoms with van der Waals surface area (Å²) < 4.78 is 94.0. The second kappa shape index (κ2) is 30.4. The van der Waals surface area contributed by atoms with Crippen LogP contribution in [0.2, 0.25) is 0 Å². The number of aromatic nitrogens is 12. The summed E-state index contributed by atoms with van der Waals surface area (Å²) in [6, 6.07) is 42.6. The molecule has 28 nitrogen and oxygen atoms in total. The molecule has 0 aliphatic heterocycles. The van der Waals surface area contributed by atoms with Crippen LogP contribution in [0.5, 0.6) is 0 Å². The molecule has 0 unspecified atom stereocenters. The van der Waals surface area contributed by atoms with E-state index in [9.17, 15) is 30.5 Å².